The van der Waals surface area contributed by atoms with Crippen molar-refractivity contribution in [1.29, 1.82) is 0 Å². The minimum Gasteiger partial charge on any atom is -0.468 e. The first-order chi connectivity index (χ1) is 17.9. The Labute approximate surface area is 224 Å². The van der Waals surface area contributed by atoms with Crippen LogP contribution in [0.4, 0.5) is 4.79 Å². The predicted octanol–water partition coefficient (Wildman–Crippen LogP) is 2.33. The monoisotopic (exact) mass is 547 g/mol. The largest absolute Gasteiger partial charge is 0.468 e. The van der Waals surface area contributed by atoms with Crippen LogP contribution in [0.15, 0.2) is 60.7 Å². The number of carbonyl (C=O) groups excluding carboxylic acids is 3. The summed E-state index contributed by atoms with van der Waals surface area (Å²) in [5, 5.41) is 5.27. The van der Waals surface area contributed by atoms with Crippen molar-refractivity contribution in [3.8, 4) is 0 Å². The van der Waals surface area contributed by atoms with Gasteiger partial charge in [-0.1, -0.05) is 60.7 Å². The molecule has 208 valence electrons. The Morgan fingerprint density at radius 3 is 1.89 bits per heavy atom. The first-order valence-electron chi connectivity index (χ1n) is 12.3. The molecule has 0 aliphatic rings. The highest BCUT2D eigenvalue weighted by Crippen LogP contribution is 2.09. The van der Waals surface area contributed by atoms with Crippen LogP contribution in [0.5, 0.6) is 0 Å². The molecule has 0 spiro atoms. The standard InChI is InChI=1S/C27H37N3O7S/c1-27(2,3)37-26(33)29-22(18-20-12-7-5-8-13-20)24(31)28-16-11-17-38(34,35)30-23(25(32)36-4)19-21-14-9-6-10-15-21/h5-10,12-15,22-23,30H,11,16-19H2,1-4H3,(H,28,31)(H,29,33)/t22-,23-/m0/s1. The zero-order valence-corrected chi connectivity index (χ0v) is 23.0. The van der Waals surface area contributed by atoms with Crippen molar-refractivity contribution >= 4 is 28.0 Å². The SMILES string of the molecule is COC(=O)[C@H](Cc1ccccc1)NS(=O)(=O)CCCNC(=O)[C@H](Cc1ccccc1)NC(=O)OC(C)(C)C. The highest BCUT2D eigenvalue weighted by molar-refractivity contribution is 7.89. The van der Waals surface area contributed by atoms with Gasteiger partial charge in [-0.15, -0.1) is 0 Å². The van der Waals surface area contributed by atoms with Crippen LogP contribution in [0.3, 0.4) is 0 Å². The summed E-state index contributed by atoms with van der Waals surface area (Å²) < 4.78 is 37.7. The zero-order chi connectivity index (χ0) is 28.2. The maximum Gasteiger partial charge on any atom is 0.408 e. The van der Waals surface area contributed by atoms with Crippen molar-refractivity contribution in [1.82, 2.24) is 15.4 Å². The third kappa shape index (κ3) is 11.7. The Balaban J connectivity index is 1.94. The molecule has 11 heteroatoms. The Kier molecular flexibility index (Phi) is 11.7. The molecule has 38 heavy (non-hydrogen) atoms. The summed E-state index contributed by atoms with van der Waals surface area (Å²) in [6.07, 6.45) is -0.273. The molecular weight excluding hydrogens is 510 g/mol. The van der Waals surface area contributed by atoms with E-state index in [9.17, 15) is 22.8 Å². The first-order valence-corrected chi connectivity index (χ1v) is 14.0. The number of esters is 1. The number of methoxy groups -OCH3 is 1. The molecule has 0 unspecified atom stereocenters. The van der Waals surface area contributed by atoms with Gasteiger partial charge in [-0.05, 0) is 44.7 Å². The second-order valence-electron chi connectivity index (χ2n) is 9.74. The van der Waals surface area contributed by atoms with E-state index >= 15 is 0 Å². The van der Waals surface area contributed by atoms with Crippen molar-refractivity contribution in [3.63, 3.8) is 0 Å². The van der Waals surface area contributed by atoms with E-state index in [0.717, 1.165) is 11.1 Å². The van der Waals surface area contributed by atoms with Gasteiger partial charge >= 0.3 is 12.1 Å². The van der Waals surface area contributed by atoms with Crippen LogP contribution < -0.4 is 15.4 Å². The molecule has 3 N–H and O–H groups in total. The van der Waals surface area contributed by atoms with E-state index in [-0.39, 0.29) is 31.6 Å². The van der Waals surface area contributed by atoms with Crippen LogP contribution in [-0.4, -0.2) is 63.5 Å². The molecule has 0 radical (unpaired) electrons. The predicted molar refractivity (Wildman–Crippen MR) is 144 cm³/mol. The molecule has 10 nitrogen and oxygen atoms in total. The molecule has 0 saturated carbocycles. The summed E-state index contributed by atoms with van der Waals surface area (Å²) in [6, 6.07) is 16.2. The van der Waals surface area contributed by atoms with Crippen LogP contribution in [0.25, 0.3) is 0 Å². The number of hydrogen-bond acceptors (Lipinski definition) is 7. The van der Waals surface area contributed by atoms with Crippen molar-refractivity contribution in [2.45, 2.75) is 57.7 Å². The summed E-state index contributed by atoms with van der Waals surface area (Å²) in [5.74, 6) is -1.48. The fourth-order valence-electron chi connectivity index (χ4n) is 3.55. The third-order valence-corrected chi connectivity index (χ3v) is 6.74. The lowest BCUT2D eigenvalue weighted by Gasteiger charge is -2.23. The molecule has 0 aliphatic carbocycles. The van der Waals surface area contributed by atoms with Gasteiger partial charge in [0.25, 0.3) is 0 Å². The second kappa shape index (κ2) is 14.5. The normalized spacial score (nSPS) is 13.2. The van der Waals surface area contributed by atoms with Crippen LogP contribution in [0, 0.1) is 0 Å². The molecule has 0 aromatic heterocycles. The number of sulfonamides is 1. The van der Waals surface area contributed by atoms with E-state index in [4.69, 9.17) is 9.47 Å². The van der Waals surface area contributed by atoms with Gasteiger partial charge in [-0.2, -0.15) is 0 Å². The van der Waals surface area contributed by atoms with Crippen LogP contribution in [-0.2, 0) is 41.9 Å². The van der Waals surface area contributed by atoms with Crippen LogP contribution >= 0.6 is 0 Å². The summed E-state index contributed by atoms with van der Waals surface area (Å²) >= 11 is 0. The summed E-state index contributed by atoms with van der Waals surface area (Å²) in [6.45, 7) is 5.20. The maximum atomic E-state index is 12.9. The van der Waals surface area contributed by atoms with E-state index in [1.54, 1.807) is 45.0 Å². The van der Waals surface area contributed by atoms with Crippen molar-refractivity contribution in [3.05, 3.63) is 71.8 Å². The number of ether oxygens (including phenoxy) is 2. The van der Waals surface area contributed by atoms with E-state index < -0.39 is 45.7 Å². The molecule has 0 fully saturated rings. The highest BCUT2D eigenvalue weighted by atomic mass is 32.2. The van der Waals surface area contributed by atoms with Crippen molar-refractivity contribution in [2.24, 2.45) is 0 Å². The summed E-state index contributed by atoms with van der Waals surface area (Å²) in [7, 11) is -2.66. The van der Waals surface area contributed by atoms with Gasteiger partial charge < -0.3 is 20.1 Å². The molecule has 2 aromatic carbocycles. The number of rotatable bonds is 13. The Morgan fingerprint density at radius 2 is 1.39 bits per heavy atom. The minimum absolute atomic E-state index is 0.0443. The van der Waals surface area contributed by atoms with Crippen molar-refractivity contribution in [2.75, 3.05) is 19.4 Å². The Morgan fingerprint density at radius 1 is 0.868 bits per heavy atom. The number of alkyl carbamates (subject to hydrolysis) is 1. The van der Waals surface area contributed by atoms with Crippen molar-refractivity contribution < 1.29 is 32.3 Å². The lowest BCUT2D eigenvalue weighted by Crippen LogP contribution is -2.49. The smallest absolute Gasteiger partial charge is 0.408 e. The van der Waals surface area contributed by atoms with Gasteiger partial charge in [0, 0.05) is 13.0 Å². The Bertz CT molecular complexity index is 1150. The van der Waals surface area contributed by atoms with Crippen LogP contribution in [0.1, 0.15) is 38.3 Å². The summed E-state index contributed by atoms with van der Waals surface area (Å²) in [4.78, 5) is 37.3. The molecule has 2 amide bonds. The average Bonchev–Trinajstić information content (AvgIpc) is 2.85. The number of amides is 2. The lowest BCUT2D eigenvalue weighted by molar-refractivity contribution is -0.142. The highest BCUT2D eigenvalue weighted by Gasteiger charge is 2.27. The molecule has 0 aliphatic heterocycles. The van der Waals surface area contributed by atoms with Gasteiger partial charge in [0.2, 0.25) is 15.9 Å². The molecule has 2 atom stereocenters. The van der Waals surface area contributed by atoms with E-state index in [2.05, 4.69) is 15.4 Å². The van der Waals surface area contributed by atoms with E-state index in [0.29, 0.717) is 0 Å². The summed E-state index contributed by atoms with van der Waals surface area (Å²) in [5.41, 5.74) is 0.879. The molecule has 0 heterocycles. The van der Waals surface area contributed by atoms with Gasteiger partial charge in [0.1, 0.15) is 17.7 Å². The first kappa shape index (κ1) is 30.8. The second-order valence-corrected chi connectivity index (χ2v) is 11.6. The van der Waals surface area contributed by atoms with Gasteiger partial charge in [0.15, 0.2) is 0 Å². The molecule has 2 rings (SSSR count). The van der Waals surface area contributed by atoms with E-state index in [1.165, 1.54) is 7.11 Å². The number of nitrogens with one attached hydrogen (secondary N) is 3. The third-order valence-electron chi connectivity index (χ3n) is 5.27. The van der Waals surface area contributed by atoms with Gasteiger partial charge in [-0.3, -0.25) is 9.59 Å². The zero-order valence-electron chi connectivity index (χ0n) is 22.2. The quantitative estimate of drug-likeness (QED) is 0.258. The maximum absolute atomic E-state index is 12.9. The molecule has 0 bridgehead atoms. The molecule has 2 aromatic rings. The Hall–Kier alpha value is -3.44. The topological polar surface area (TPSA) is 140 Å². The van der Waals surface area contributed by atoms with Crippen LogP contribution in [0.2, 0.25) is 0 Å². The fraction of sp³-hybridized carbons (Fsp3) is 0.444. The number of hydrogen-bond donors (Lipinski definition) is 3. The van der Waals surface area contributed by atoms with Gasteiger partial charge in [0.05, 0.1) is 12.9 Å². The number of carbonyl (C=O) groups is 3. The lowest BCUT2D eigenvalue weighted by atomic mass is 10.1. The molecule has 0 saturated heterocycles. The fourth-order valence-corrected chi connectivity index (χ4v) is 4.80. The minimum atomic E-state index is -3.85. The number of benzene rings is 2. The van der Waals surface area contributed by atoms with E-state index in [1.807, 2.05) is 36.4 Å². The molecular formula is C27H37N3O7S. The van der Waals surface area contributed by atoms with Gasteiger partial charge in [-0.25, -0.2) is 17.9 Å². The average molecular weight is 548 g/mol.